The Morgan fingerprint density at radius 2 is 1.76 bits per heavy atom. The third-order valence-electron chi connectivity index (χ3n) is 5.07. The topological polar surface area (TPSA) is 86.2 Å². The van der Waals surface area contributed by atoms with Gasteiger partial charge in [0, 0.05) is 15.1 Å². The van der Waals surface area contributed by atoms with E-state index in [0.717, 1.165) is 10.1 Å². The number of rotatable bonds is 8. The second-order valence-electron chi connectivity index (χ2n) is 7.61. The number of carbonyl (C=O) groups excluding carboxylic acids is 2. The van der Waals surface area contributed by atoms with Gasteiger partial charge in [-0.15, -0.1) is 11.3 Å². The van der Waals surface area contributed by atoms with Gasteiger partial charge in [0.2, 0.25) is 0 Å². The molecule has 4 aromatic rings. The van der Waals surface area contributed by atoms with Crippen molar-refractivity contribution < 1.29 is 23.8 Å². The maximum Gasteiger partial charge on any atom is 0.355 e. The Labute approximate surface area is 231 Å². The van der Waals surface area contributed by atoms with E-state index >= 15 is 0 Å². The summed E-state index contributed by atoms with van der Waals surface area (Å²) in [6.45, 7) is 1.56. The highest BCUT2D eigenvalue weighted by atomic mass is 35.5. The molecule has 0 radical (unpaired) electrons. The number of halogens is 3. The third kappa shape index (κ3) is 6.34. The molecule has 0 saturated carbocycles. The minimum absolute atomic E-state index is 0.212. The third-order valence-corrected chi connectivity index (χ3v) is 7.25. The first-order valence-corrected chi connectivity index (χ1v) is 12.7. The van der Waals surface area contributed by atoms with Crippen LogP contribution in [0.25, 0.3) is 10.1 Å². The minimum Gasteiger partial charge on any atom is -0.493 e. The van der Waals surface area contributed by atoms with Crippen LogP contribution in [-0.2, 0) is 4.79 Å². The van der Waals surface area contributed by atoms with Crippen molar-refractivity contribution in [2.24, 2.45) is 5.10 Å². The van der Waals surface area contributed by atoms with Crippen molar-refractivity contribution in [1.82, 2.24) is 5.43 Å². The van der Waals surface area contributed by atoms with Gasteiger partial charge >= 0.3 is 5.97 Å². The summed E-state index contributed by atoms with van der Waals surface area (Å²) in [5.74, 6) is -0.239. The van der Waals surface area contributed by atoms with Crippen LogP contribution in [0.3, 0.4) is 0 Å². The van der Waals surface area contributed by atoms with Crippen LogP contribution in [0.4, 0.5) is 0 Å². The fourth-order valence-electron chi connectivity index (χ4n) is 3.22. The van der Waals surface area contributed by atoms with Gasteiger partial charge in [0.15, 0.2) is 17.6 Å². The molecule has 0 aliphatic carbocycles. The molecule has 11 heteroatoms. The van der Waals surface area contributed by atoms with E-state index < -0.39 is 18.0 Å². The van der Waals surface area contributed by atoms with Crippen molar-refractivity contribution in [3.63, 3.8) is 0 Å². The number of nitrogens with zero attached hydrogens (tertiary/aromatic N) is 1. The highest BCUT2D eigenvalue weighted by Crippen LogP contribution is 2.37. The first-order chi connectivity index (χ1) is 17.8. The van der Waals surface area contributed by atoms with E-state index in [1.807, 2.05) is 24.3 Å². The second kappa shape index (κ2) is 11.8. The van der Waals surface area contributed by atoms with Crippen molar-refractivity contribution in [3.8, 4) is 17.2 Å². The van der Waals surface area contributed by atoms with Gasteiger partial charge in [-0.1, -0.05) is 53.0 Å². The fraction of sp³-hybridized carbons (Fsp3) is 0.115. The molecule has 1 N–H and O–H groups in total. The molecule has 4 rings (SSSR count). The van der Waals surface area contributed by atoms with Crippen molar-refractivity contribution in [1.29, 1.82) is 0 Å². The molecular formula is C26H19Cl3N2O5S. The SMILES string of the molecule is COc1cc(/C=N/NC(=O)C(C)Oc2ccc(Cl)cc2Cl)ccc1OC(=O)c1sc2ccccc2c1Cl. The maximum absolute atomic E-state index is 12.8. The molecule has 1 amide bonds. The summed E-state index contributed by atoms with van der Waals surface area (Å²) in [6, 6.07) is 17.0. The Morgan fingerprint density at radius 1 is 1.00 bits per heavy atom. The Balaban J connectivity index is 1.39. The zero-order chi connectivity index (χ0) is 26.5. The average molecular weight is 578 g/mol. The number of ether oxygens (including phenoxy) is 3. The van der Waals surface area contributed by atoms with Crippen molar-refractivity contribution in [3.05, 3.63) is 86.2 Å². The van der Waals surface area contributed by atoms with Crippen LogP contribution in [0.1, 0.15) is 22.2 Å². The highest BCUT2D eigenvalue weighted by Gasteiger charge is 2.20. The van der Waals surface area contributed by atoms with Gasteiger partial charge in [-0.2, -0.15) is 5.10 Å². The lowest BCUT2D eigenvalue weighted by atomic mass is 10.2. The molecule has 1 heterocycles. The molecule has 0 bridgehead atoms. The van der Waals surface area contributed by atoms with Crippen LogP contribution < -0.4 is 19.6 Å². The molecule has 37 heavy (non-hydrogen) atoms. The standard InChI is InChI=1S/C26H19Cl3N2O5S/c1-14(35-19-10-8-16(27)12-18(19)28)25(32)31-30-13-15-7-9-20(21(11-15)34-2)36-26(33)24-23(29)17-5-3-4-6-22(17)37-24/h3-14H,1-2H3,(H,31,32)/b30-13+. The molecule has 7 nitrogen and oxygen atoms in total. The van der Waals surface area contributed by atoms with Gasteiger partial charge in [0.1, 0.15) is 10.6 Å². The first kappa shape index (κ1) is 26.8. The quantitative estimate of drug-likeness (QED) is 0.105. The highest BCUT2D eigenvalue weighted by molar-refractivity contribution is 7.21. The van der Waals surface area contributed by atoms with E-state index in [9.17, 15) is 9.59 Å². The number of hydrazone groups is 1. The van der Waals surface area contributed by atoms with Crippen LogP contribution in [0.5, 0.6) is 17.2 Å². The van der Waals surface area contributed by atoms with E-state index in [2.05, 4.69) is 10.5 Å². The number of esters is 1. The number of benzene rings is 3. The normalized spacial score (nSPS) is 11.9. The van der Waals surface area contributed by atoms with E-state index in [1.165, 1.54) is 30.7 Å². The molecule has 0 aliphatic heterocycles. The Kier molecular flexibility index (Phi) is 8.56. The number of methoxy groups -OCH3 is 1. The van der Waals surface area contributed by atoms with Gasteiger partial charge in [0.25, 0.3) is 5.91 Å². The summed E-state index contributed by atoms with van der Waals surface area (Å²) in [5, 5.41) is 5.84. The number of thiophene rings is 1. The van der Waals surface area contributed by atoms with Crippen molar-refractivity contribution in [2.75, 3.05) is 7.11 Å². The lowest BCUT2D eigenvalue weighted by molar-refractivity contribution is -0.127. The average Bonchev–Trinajstić information content (AvgIpc) is 3.23. The maximum atomic E-state index is 12.8. The predicted octanol–water partition coefficient (Wildman–Crippen LogP) is 7.01. The number of fused-ring (bicyclic) bond motifs is 1. The number of hydrogen-bond donors (Lipinski definition) is 1. The number of nitrogens with one attached hydrogen (secondary N) is 1. The van der Waals surface area contributed by atoms with E-state index in [0.29, 0.717) is 32.0 Å². The van der Waals surface area contributed by atoms with Gasteiger partial charge in [-0.25, -0.2) is 10.2 Å². The summed E-state index contributed by atoms with van der Waals surface area (Å²) in [5.41, 5.74) is 2.99. The Bertz CT molecular complexity index is 1510. The molecule has 0 fully saturated rings. The number of carbonyl (C=O) groups is 2. The molecule has 0 aliphatic rings. The lowest BCUT2D eigenvalue weighted by Gasteiger charge is -2.14. The fourth-order valence-corrected chi connectivity index (χ4v) is 5.05. The van der Waals surface area contributed by atoms with Crippen molar-refractivity contribution in [2.45, 2.75) is 13.0 Å². The van der Waals surface area contributed by atoms with Crippen LogP contribution in [0.2, 0.25) is 15.1 Å². The van der Waals surface area contributed by atoms with Gasteiger partial charge in [0.05, 0.1) is 23.4 Å². The van der Waals surface area contributed by atoms with Crippen LogP contribution >= 0.6 is 46.1 Å². The smallest absolute Gasteiger partial charge is 0.355 e. The largest absolute Gasteiger partial charge is 0.493 e. The Hall–Kier alpha value is -3.30. The van der Waals surface area contributed by atoms with Gasteiger partial charge in [-0.05, 0) is 55.0 Å². The number of amides is 1. The van der Waals surface area contributed by atoms with Crippen LogP contribution in [0.15, 0.2) is 65.8 Å². The van der Waals surface area contributed by atoms with Crippen LogP contribution in [0, 0.1) is 0 Å². The van der Waals surface area contributed by atoms with Crippen molar-refractivity contribution >= 4 is 74.3 Å². The molecule has 1 unspecified atom stereocenters. The Morgan fingerprint density at radius 3 is 2.49 bits per heavy atom. The summed E-state index contributed by atoms with van der Waals surface area (Å²) < 4.78 is 17.4. The summed E-state index contributed by atoms with van der Waals surface area (Å²) in [7, 11) is 1.45. The zero-order valence-corrected chi connectivity index (χ0v) is 22.5. The van der Waals surface area contributed by atoms with E-state index in [4.69, 9.17) is 49.0 Å². The van der Waals surface area contributed by atoms with E-state index in [1.54, 1.807) is 37.3 Å². The first-order valence-electron chi connectivity index (χ1n) is 10.8. The van der Waals surface area contributed by atoms with Gasteiger partial charge < -0.3 is 14.2 Å². The second-order valence-corrected chi connectivity index (χ2v) is 9.88. The summed E-state index contributed by atoms with van der Waals surface area (Å²) in [6.07, 6.45) is 0.546. The molecular weight excluding hydrogens is 559 g/mol. The minimum atomic E-state index is -0.868. The molecule has 3 aromatic carbocycles. The summed E-state index contributed by atoms with van der Waals surface area (Å²) >= 11 is 19.6. The van der Waals surface area contributed by atoms with Crippen LogP contribution in [-0.4, -0.2) is 31.3 Å². The monoisotopic (exact) mass is 576 g/mol. The predicted molar refractivity (Wildman–Crippen MR) is 147 cm³/mol. The van der Waals surface area contributed by atoms with E-state index in [-0.39, 0.29) is 10.8 Å². The molecule has 1 atom stereocenters. The number of hydrogen-bond acceptors (Lipinski definition) is 7. The molecule has 0 saturated heterocycles. The zero-order valence-electron chi connectivity index (χ0n) is 19.5. The molecule has 0 spiro atoms. The molecule has 1 aromatic heterocycles. The molecule has 190 valence electrons. The van der Waals surface area contributed by atoms with Gasteiger partial charge in [-0.3, -0.25) is 4.79 Å². The summed E-state index contributed by atoms with van der Waals surface area (Å²) in [4.78, 5) is 25.4. The lowest BCUT2D eigenvalue weighted by Crippen LogP contribution is -2.33.